The van der Waals surface area contributed by atoms with E-state index < -0.39 is 5.72 Å². The molecule has 2 aliphatic heterocycles. The summed E-state index contributed by atoms with van der Waals surface area (Å²) in [6.45, 7) is 3.64. The minimum absolute atomic E-state index is 0. The molecule has 104 valence electrons. The Morgan fingerprint density at radius 3 is 3.05 bits per heavy atom. The Morgan fingerprint density at radius 1 is 1.58 bits per heavy atom. The molecule has 2 atom stereocenters. The summed E-state index contributed by atoms with van der Waals surface area (Å²) in [7, 11) is 0. The van der Waals surface area contributed by atoms with Crippen LogP contribution < -0.4 is 0 Å². The van der Waals surface area contributed by atoms with Crippen LogP contribution in [0.1, 0.15) is 18.9 Å². The van der Waals surface area contributed by atoms with Gasteiger partial charge in [-0.05, 0) is 18.6 Å². The normalized spacial score (nSPS) is 28.9. The molecule has 1 aromatic rings. The number of hydrogen-bond acceptors (Lipinski definition) is 4. The summed E-state index contributed by atoms with van der Waals surface area (Å²) in [6, 6.07) is 7.51. The fourth-order valence-electron chi connectivity index (χ4n) is 2.65. The van der Waals surface area contributed by atoms with Gasteiger partial charge in [-0.3, -0.25) is 4.99 Å². The van der Waals surface area contributed by atoms with Crippen LogP contribution in [0.2, 0.25) is 5.02 Å². The molecule has 0 aliphatic carbocycles. The van der Waals surface area contributed by atoms with Crippen LogP contribution in [0.3, 0.4) is 0 Å². The average Bonchev–Trinajstić information content (AvgIpc) is 2.92. The SMILES string of the molecule is Br.CCC1SC2=NCCN2C1(O)c1cccc(Cl)c1. The number of benzene rings is 1. The number of rotatable bonds is 2. The summed E-state index contributed by atoms with van der Waals surface area (Å²) >= 11 is 7.72. The van der Waals surface area contributed by atoms with Crippen molar-refractivity contribution in [3.63, 3.8) is 0 Å². The average molecular weight is 364 g/mol. The zero-order valence-corrected chi connectivity index (χ0v) is 13.8. The molecule has 2 aliphatic rings. The monoisotopic (exact) mass is 362 g/mol. The Kier molecular flexibility index (Phi) is 4.50. The molecule has 0 amide bonds. The van der Waals surface area contributed by atoms with Crippen molar-refractivity contribution in [3.05, 3.63) is 34.9 Å². The predicted molar refractivity (Wildman–Crippen MR) is 86.3 cm³/mol. The Hall–Kier alpha value is -0.230. The summed E-state index contributed by atoms with van der Waals surface area (Å²) in [5.41, 5.74) is -0.110. The van der Waals surface area contributed by atoms with Gasteiger partial charge in [-0.15, -0.1) is 17.0 Å². The molecule has 0 spiro atoms. The fraction of sp³-hybridized carbons (Fsp3) is 0.462. The van der Waals surface area contributed by atoms with Gasteiger partial charge in [-0.1, -0.05) is 42.4 Å². The first-order chi connectivity index (χ1) is 8.66. The maximum absolute atomic E-state index is 11.2. The van der Waals surface area contributed by atoms with E-state index in [2.05, 4.69) is 11.9 Å². The lowest BCUT2D eigenvalue weighted by atomic mass is 9.96. The molecule has 1 fully saturated rings. The maximum Gasteiger partial charge on any atom is 0.178 e. The van der Waals surface area contributed by atoms with E-state index in [1.54, 1.807) is 11.8 Å². The minimum atomic E-state index is -0.973. The van der Waals surface area contributed by atoms with Crippen LogP contribution in [0.25, 0.3) is 0 Å². The minimum Gasteiger partial charge on any atom is -0.366 e. The number of halogens is 2. The van der Waals surface area contributed by atoms with Gasteiger partial charge >= 0.3 is 0 Å². The third-order valence-corrected chi connectivity index (χ3v) is 5.27. The van der Waals surface area contributed by atoms with Gasteiger partial charge < -0.3 is 10.0 Å². The van der Waals surface area contributed by atoms with Gasteiger partial charge in [0.1, 0.15) is 0 Å². The van der Waals surface area contributed by atoms with Gasteiger partial charge in [0, 0.05) is 17.1 Å². The number of thioether (sulfide) groups is 1. The highest BCUT2D eigenvalue weighted by Crippen LogP contribution is 2.47. The Morgan fingerprint density at radius 2 is 2.37 bits per heavy atom. The number of nitrogens with zero attached hydrogens (tertiary/aromatic N) is 2. The Balaban J connectivity index is 0.00000133. The standard InChI is InChI=1S/C13H15ClN2OS.BrH/c1-2-11-13(17,9-4-3-5-10(14)8-9)16-7-6-15-12(16)18-11;/h3-5,8,11,17H,2,6-7H2,1H3;1H. The van der Waals surface area contributed by atoms with E-state index in [1.807, 2.05) is 29.2 Å². The quantitative estimate of drug-likeness (QED) is 0.876. The molecular weight excluding hydrogens is 348 g/mol. The van der Waals surface area contributed by atoms with Crippen LogP contribution in [0, 0.1) is 0 Å². The Labute approximate surface area is 132 Å². The summed E-state index contributed by atoms with van der Waals surface area (Å²) in [5, 5.41) is 12.9. The highest BCUT2D eigenvalue weighted by Gasteiger charge is 2.52. The summed E-state index contributed by atoms with van der Waals surface area (Å²) < 4.78 is 0. The highest BCUT2D eigenvalue weighted by atomic mass is 79.9. The van der Waals surface area contributed by atoms with Crippen LogP contribution in [0.4, 0.5) is 0 Å². The second kappa shape index (κ2) is 5.64. The van der Waals surface area contributed by atoms with Crippen LogP contribution >= 0.6 is 40.3 Å². The van der Waals surface area contributed by atoms with Crippen molar-refractivity contribution < 1.29 is 5.11 Å². The van der Waals surface area contributed by atoms with Crippen molar-refractivity contribution in [1.82, 2.24) is 4.90 Å². The Bertz CT molecular complexity index is 513. The third-order valence-electron chi connectivity index (χ3n) is 3.53. The number of fused-ring (bicyclic) bond motifs is 1. The molecule has 19 heavy (non-hydrogen) atoms. The molecule has 1 aromatic carbocycles. The topological polar surface area (TPSA) is 35.8 Å². The maximum atomic E-state index is 11.2. The van der Waals surface area contributed by atoms with Gasteiger partial charge in [0.15, 0.2) is 10.9 Å². The number of aliphatic hydroxyl groups is 1. The van der Waals surface area contributed by atoms with Gasteiger partial charge in [-0.2, -0.15) is 0 Å². The first kappa shape index (κ1) is 15.2. The highest BCUT2D eigenvalue weighted by molar-refractivity contribution is 8.93. The van der Waals surface area contributed by atoms with Crippen LogP contribution in [-0.2, 0) is 5.72 Å². The van der Waals surface area contributed by atoms with Crippen LogP contribution in [-0.4, -0.2) is 33.5 Å². The number of aliphatic imine (C=N–C) groups is 1. The summed E-state index contributed by atoms with van der Waals surface area (Å²) in [6.07, 6.45) is 0.892. The van der Waals surface area contributed by atoms with E-state index in [0.29, 0.717) is 5.02 Å². The second-order valence-corrected chi connectivity index (χ2v) is 6.17. The molecule has 3 nitrogen and oxygen atoms in total. The predicted octanol–water partition coefficient (Wildman–Crippen LogP) is 3.26. The fourth-order valence-corrected chi connectivity index (χ4v) is 4.22. The molecule has 0 aromatic heterocycles. The molecular formula is C13H16BrClN2OS. The molecule has 2 unspecified atom stereocenters. The van der Waals surface area contributed by atoms with Gasteiger partial charge in [0.25, 0.3) is 0 Å². The molecule has 2 heterocycles. The molecule has 0 radical (unpaired) electrons. The smallest absolute Gasteiger partial charge is 0.178 e. The molecule has 1 saturated heterocycles. The van der Waals surface area contributed by atoms with Crippen LogP contribution in [0.5, 0.6) is 0 Å². The molecule has 1 N–H and O–H groups in total. The molecule has 6 heteroatoms. The number of hydrogen-bond donors (Lipinski definition) is 1. The second-order valence-electron chi connectivity index (χ2n) is 4.57. The lowest BCUT2D eigenvalue weighted by Gasteiger charge is -2.36. The largest absolute Gasteiger partial charge is 0.366 e. The molecule has 3 rings (SSSR count). The zero-order valence-electron chi connectivity index (χ0n) is 10.5. The van der Waals surface area contributed by atoms with Gasteiger partial charge in [-0.25, -0.2) is 0 Å². The molecule has 0 saturated carbocycles. The van der Waals surface area contributed by atoms with E-state index >= 15 is 0 Å². The summed E-state index contributed by atoms with van der Waals surface area (Å²) in [5.74, 6) is 0. The van der Waals surface area contributed by atoms with E-state index in [4.69, 9.17) is 11.6 Å². The van der Waals surface area contributed by atoms with E-state index in [9.17, 15) is 5.11 Å². The van der Waals surface area contributed by atoms with Gasteiger partial charge in [0.05, 0.1) is 11.8 Å². The third kappa shape index (κ3) is 2.31. The first-order valence-corrected chi connectivity index (χ1v) is 7.39. The van der Waals surface area contributed by atoms with Crippen molar-refractivity contribution in [2.45, 2.75) is 24.3 Å². The molecule has 0 bridgehead atoms. The van der Waals surface area contributed by atoms with Crippen molar-refractivity contribution in [1.29, 1.82) is 0 Å². The zero-order chi connectivity index (χ0) is 12.8. The summed E-state index contributed by atoms with van der Waals surface area (Å²) in [4.78, 5) is 6.46. The van der Waals surface area contributed by atoms with E-state index in [-0.39, 0.29) is 22.2 Å². The number of amidine groups is 1. The van der Waals surface area contributed by atoms with E-state index in [0.717, 1.165) is 30.2 Å². The lowest BCUT2D eigenvalue weighted by molar-refractivity contribution is -0.0663. The van der Waals surface area contributed by atoms with Crippen molar-refractivity contribution in [2.24, 2.45) is 4.99 Å². The van der Waals surface area contributed by atoms with Crippen molar-refractivity contribution in [3.8, 4) is 0 Å². The van der Waals surface area contributed by atoms with E-state index in [1.165, 1.54) is 0 Å². The van der Waals surface area contributed by atoms with Gasteiger partial charge in [0.2, 0.25) is 0 Å². The van der Waals surface area contributed by atoms with Crippen molar-refractivity contribution in [2.75, 3.05) is 13.1 Å². The van der Waals surface area contributed by atoms with Crippen LogP contribution in [0.15, 0.2) is 29.3 Å². The lowest BCUT2D eigenvalue weighted by Crippen LogP contribution is -2.47. The first-order valence-electron chi connectivity index (χ1n) is 6.13. The van der Waals surface area contributed by atoms with Crippen molar-refractivity contribution >= 4 is 45.5 Å².